The van der Waals surface area contributed by atoms with Gasteiger partial charge in [-0.1, -0.05) is 0 Å². The molecule has 2 rings (SSSR count). The first-order valence-corrected chi connectivity index (χ1v) is 6.68. The van der Waals surface area contributed by atoms with Gasteiger partial charge >= 0.3 is 5.97 Å². The number of carbonyl (C=O) groups excluding carboxylic acids is 2. The zero-order chi connectivity index (χ0) is 14.5. The Bertz CT molecular complexity index is 552. The van der Waals surface area contributed by atoms with Crippen LogP contribution in [0.1, 0.15) is 36.0 Å². The van der Waals surface area contributed by atoms with E-state index >= 15 is 0 Å². The number of piperidine rings is 1. The fraction of sp³-hybridized carbons (Fsp3) is 0.500. The third kappa shape index (κ3) is 3.07. The molecule has 0 bridgehead atoms. The fourth-order valence-electron chi connectivity index (χ4n) is 2.49. The number of rotatable bonds is 3. The molecule has 1 fully saturated rings. The van der Waals surface area contributed by atoms with Crippen LogP contribution in [0, 0.1) is 0 Å². The van der Waals surface area contributed by atoms with Crippen molar-refractivity contribution in [1.82, 2.24) is 9.88 Å². The highest BCUT2D eigenvalue weighted by Crippen LogP contribution is 2.21. The number of likely N-dealkylation sites (tertiary alicyclic amines) is 1. The van der Waals surface area contributed by atoms with E-state index in [1.165, 1.54) is 25.6 Å². The molecule has 1 aromatic rings. The lowest BCUT2D eigenvalue weighted by Gasteiger charge is -2.35. The number of aromatic nitrogens is 1. The normalized spacial score (nSPS) is 18.6. The Kier molecular flexibility index (Phi) is 4.55. The summed E-state index contributed by atoms with van der Waals surface area (Å²) in [7, 11) is 1.33. The van der Waals surface area contributed by atoms with Crippen molar-refractivity contribution < 1.29 is 14.3 Å². The van der Waals surface area contributed by atoms with Gasteiger partial charge in [0.15, 0.2) is 5.43 Å². The van der Waals surface area contributed by atoms with Crippen molar-refractivity contribution in [1.29, 1.82) is 0 Å². The van der Waals surface area contributed by atoms with Crippen molar-refractivity contribution in [2.75, 3.05) is 13.7 Å². The molecule has 1 N–H and O–H groups in total. The first-order valence-electron chi connectivity index (χ1n) is 6.68. The SMILES string of the molecule is COC(=O)CC1CCCCN1C(=O)c1c[nH]ccc1=O. The van der Waals surface area contributed by atoms with Crippen LogP contribution in [-0.4, -0.2) is 41.5 Å². The summed E-state index contributed by atoms with van der Waals surface area (Å²) in [6, 6.07) is 1.13. The standard InChI is InChI=1S/C14H18N2O4/c1-20-13(18)8-10-4-2-3-7-16(10)14(19)11-9-15-6-5-12(11)17/h5-6,9-10H,2-4,7-8H2,1H3,(H,15,17). The average molecular weight is 278 g/mol. The number of amides is 1. The minimum Gasteiger partial charge on any atom is -0.469 e. The Morgan fingerprint density at radius 3 is 2.95 bits per heavy atom. The van der Waals surface area contributed by atoms with Gasteiger partial charge in [0.25, 0.3) is 5.91 Å². The maximum absolute atomic E-state index is 12.5. The molecular weight excluding hydrogens is 260 g/mol. The monoisotopic (exact) mass is 278 g/mol. The number of pyridine rings is 1. The number of H-pyrrole nitrogens is 1. The summed E-state index contributed by atoms with van der Waals surface area (Å²) in [6.07, 6.45) is 5.68. The van der Waals surface area contributed by atoms with Gasteiger partial charge in [-0.15, -0.1) is 0 Å². The Labute approximate surface area is 116 Å². The van der Waals surface area contributed by atoms with Gasteiger partial charge in [-0.25, -0.2) is 0 Å². The highest BCUT2D eigenvalue weighted by molar-refractivity contribution is 5.94. The lowest BCUT2D eigenvalue weighted by molar-refractivity contribution is -0.142. The number of esters is 1. The summed E-state index contributed by atoms with van der Waals surface area (Å²) in [5.41, 5.74) is -0.194. The zero-order valence-corrected chi connectivity index (χ0v) is 11.4. The molecule has 0 saturated carbocycles. The van der Waals surface area contributed by atoms with E-state index < -0.39 is 0 Å². The van der Waals surface area contributed by atoms with Crippen molar-refractivity contribution >= 4 is 11.9 Å². The van der Waals surface area contributed by atoms with E-state index in [1.54, 1.807) is 4.90 Å². The van der Waals surface area contributed by atoms with E-state index in [0.29, 0.717) is 6.54 Å². The quantitative estimate of drug-likeness (QED) is 0.834. The first kappa shape index (κ1) is 14.3. The van der Waals surface area contributed by atoms with Crippen LogP contribution in [0.3, 0.4) is 0 Å². The van der Waals surface area contributed by atoms with E-state index in [2.05, 4.69) is 9.72 Å². The molecule has 1 aromatic heterocycles. The number of hydrogen-bond acceptors (Lipinski definition) is 4. The van der Waals surface area contributed by atoms with E-state index in [-0.39, 0.29) is 35.3 Å². The summed E-state index contributed by atoms with van der Waals surface area (Å²) in [5.74, 6) is -0.655. The third-order valence-corrected chi connectivity index (χ3v) is 3.57. The Balaban J connectivity index is 2.19. The van der Waals surface area contributed by atoms with Gasteiger partial charge < -0.3 is 14.6 Å². The molecule has 1 aliphatic heterocycles. The van der Waals surface area contributed by atoms with Crippen molar-refractivity contribution in [3.63, 3.8) is 0 Å². The second-order valence-electron chi connectivity index (χ2n) is 4.85. The molecular formula is C14H18N2O4. The van der Waals surface area contributed by atoms with E-state index in [0.717, 1.165) is 19.3 Å². The second-order valence-corrected chi connectivity index (χ2v) is 4.85. The van der Waals surface area contributed by atoms with E-state index in [9.17, 15) is 14.4 Å². The van der Waals surface area contributed by atoms with Crippen LogP contribution in [0.25, 0.3) is 0 Å². The molecule has 0 spiro atoms. The van der Waals surface area contributed by atoms with Crippen molar-refractivity contribution in [3.05, 3.63) is 34.2 Å². The molecule has 0 aliphatic carbocycles. The number of nitrogens with zero attached hydrogens (tertiary/aromatic N) is 1. The van der Waals surface area contributed by atoms with Crippen LogP contribution in [0.5, 0.6) is 0 Å². The molecule has 2 heterocycles. The van der Waals surface area contributed by atoms with Crippen molar-refractivity contribution in [2.45, 2.75) is 31.7 Å². The molecule has 1 amide bonds. The second kappa shape index (κ2) is 6.36. The fourth-order valence-corrected chi connectivity index (χ4v) is 2.49. The van der Waals surface area contributed by atoms with Crippen LogP contribution >= 0.6 is 0 Å². The lowest BCUT2D eigenvalue weighted by atomic mass is 9.98. The molecule has 6 nitrogen and oxygen atoms in total. The van der Waals surface area contributed by atoms with Crippen molar-refractivity contribution in [2.24, 2.45) is 0 Å². The predicted molar refractivity (Wildman–Crippen MR) is 72.4 cm³/mol. The number of hydrogen-bond donors (Lipinski definition) is 1. The molecule has 1 unspecified atom stereocenters. The highest BCUT2D eigenvalue weighted by atomic mass is 16.5. The van der Waals surface area contributed by atoms with Crippen LogP contribution in [-0.2, 0) is 9.53 Å². The molecule has 20 heavy (non-hydrogen) atoms. The molecule has 108 valence electrons. The Morgan fingerprint density at radius 1 is 1.45 bits per heavy atom. The largest absolute Gasteiger partial charge is 0.469 e. The van der Waals surface area contributed by atoms with Crippen LogP contribution in [0.15, 0.2) is 23.3 Å². The number of ether oxygens (including phenoxy) is 1. The maximum Gasteiger partial charge on any atom is 0.307 e. The number of carbonyl (C=O) groups is 2. The zero-order valence-electron chi connectivity index (χ0n) is 11.4. The summed E-state index contributed by atoms with van der Waals surface area (Å²) in [5, 5.41) is 0. The molecule has 1 atom stereocenters. The smallest absolute Gasteiger partial charge is 0.307 e. The lowest BCUT2D eigenvalue weighted by Crippen LogP contribution is -2.46. The molecule has 6 heteroatoms. The average Bonchev–Trinajstić information content (AvgIpc) is 2.47. The summed E-state index contributed by atoms with van der Waals surface area (Å²) >= 11 is 0. The molecule has 0 aromatic carbocycles. The minimum absolute atomic E-state index is 0.115. The van der Waals surface area contributed by atoms with Crippen LogP contribution in [0.4, 0.5) is 0 Å². The Hall–Kier alpha value is -2.11. The van der Waals surface area contributed by atoms with Gasteiger partial charge in [-0.3, -0.25) is 14.4 Å². The molecule has 1 aliphatic rings. The predicted octanol–water partition coefficient (Wildman–Crippen LogP) is 0.933. The van der Waals surface area contributed by atoms with E-state index in [4.69, 9.17) is 0 Å². The minimum atomic E-state index is -0.336. The molecule has 0 radical (unpaired) electrons. The molecule has 1 saturated heterocycles. The first-order chi connectivity index (χ1) is 9.63. The third-order valence-electron chi connectivity index (χ3n) is 3.57. The summed E-state index contributed by atoms with van der Waals surface area (Å²) in [6.45, 7) is 0.564. The maximum atomic E-state index is 12.5. The summed E-state index contributed by atoms with van der Waals surface area (Å²) in [4.78, 5) is 40.0. The van der Waals surface area contributed by atoms with Gasteiger partial charge in [-0.05, 0) is 19.3 Å². The topological polar surface area (TPSA) is 79.5 Å². The summed E-state index contributed by atoms with van der Waals surface area (Å²) < 4.78 is 4.67. The highest BCUT2D eigenvalue weighted by Gasteiger charge is 2.30. The van der Waals surface area contributed by atoms with Crippen molar-refractivity contribution in [3.8, 4) is 0 Å². The van der Waals surface area contributed by atoms with E-state index in [1.807, 2.05) is 0 Å². The number of aromatic amines is 1. The van der Waals surface area contributed by atoms with Gasteiger partial charge in [0, 0.05) is 31.0 Å². The van der Waals surface area contributed by atoms with Gasteiger partial charge in [0.2, 0.25) is 0 Å². The van der Waals surface area contributed by atoms with Gasteiger partial charge in [0.1, 0.15) is 5.56 Å². The number of methoxy groups -OCH3 is 1. The Morgan fingerprint density at radius 2 is 2.25 bits per heavy atom. The van der Waals surface area contributed by atoms with Crippen LogP contribution < -0.4 is 5.43 Å². The van der Waals surface area contributed by atoms with Crippen LogP contribution in [0.2, 0.25) is 0 Å². The van der Waals surface area contributed by atoms with Gasteiger partial charge in [-0.2, -0.15) is 0 Å². The van der Waals surface area contributed by atoms with Gasteiger partial charge in [0.05, 0.1) is 13.5 Å². The number of nitrogens with one attached hydrogen (secondary N) is 1.